The Kier molecular flexibility index (Phi) is 3.64. The molecule has 0 saturated heterocycles. The molecule has 0 atom stereocenters. The standard InChI is InChI=1S/C10H4BrClF3N3O/c11-6-3-5(12)1-2-8(6)18-4-7(16-17-18)9(19)10(13,14)15/h1-4H. The van der Waals surface area contributed by atoms with Gasteiger partial charge >= 0.3 is 6.18 Å². The van der Waals surface area contributed by atoms with E-state index in [-0.39, 0.29) is 0 Å². The highest BCUT2D eigenvalue weighted by Crippen LogP contribution is 2.25. The maximum absolute atomic E-state index is 12.2. The fourth-order valence-corrected chi connectivity index (χ4v) is 2.16. The molecule has 0 aliphatic rings. The summed E-state index contributed by atoms with van der Waals surface area (Å²) in [4.78, 5) is 11.0. The minimum Gasteiger partial charge on any atom is -0.282 e. The lowest BCUT2D eigenvalue weighted by atomic mass is 10.3. The van der Waals surface area contributed by atoms with Crippen molar-refractivity contribution in [3.8, 4) is 5.69 Å². The topological polar surface area (TPSA) is 47.8 Å². The van der Waals surface area contributed by atoms with Gasteiger partial charge in [-0.15, -0.1) is 5.10 Å². The molecule has 0 spiro atoms. The van der Waals surface area contributed by atoms with E-state index in [0.717, 1.165) is 10.9 Å². The fraction of sp³-hybridized carbons (Fsp3) is 0.100. The van der Waals surface area contributed by atoms with Crippen LogP contribution in [0.2, 0.25) is 5.02 Å². The third-order valence-electron chi connectivity index (χ3n) is 2.14. The van der Waals surface area contributed by atoms with Gasteiger partial charge in [-0.2, -0.15) is 13.2 Å². The monoisotopic (exact) mass is 353 g/mol. The number of aromatic nitrogens is 3. The number of hydrogen-bond donors (Lipinski definition) is 0. The molecule has 0 saturated carbocycles. The molecule has 0 fully saturated rings. The Morgan fingerprint density at radius 2 is 2.05 bits per heavy atom. The van der Waals surface area contributed by atoms with Crippen LogP contribution in [0.15, 0.2) is 28.9 Å². The zero-order chi connectivity index (χ0) is 14.2. The van der Waals surface area contributed by atoms with Crippen molar-refractivity contribution in [2.24, 2.45) is 0 Å². The van der Waals surface area contributed by atoms with E-state index < -0.39 is 17.7 Å². The average Bonchev–Trinajstić information content (AvgIpc) is 2.75. The molecule has 0 N–H and O–H groups in total. The molecule has 0 amide bonds. The van der Waals surface area contributed by atoms with Crippen molar-refractivity contribution in [3.05, 3.63) is 39.6 Å². The van der Waals surface area contributed by atoms with Gasteiger partial charge in [0.2, 0.25) is 0 Å². The van der Waals surface area contributed by atoms with Gasteiger partial charge in [0.1, 0.15) is 0 Å². The van der Waals surface area contributed by atoms with E-state index in [1.807, 2.05) is 0 Å². The summed E-state index contributed by atoms with van der Waals surface area (Å²) in [5.74, 6) is -2.04. The Morgan fingerprint density at radius 1 is 1.37 bits per heavy atom. The van der Waals surface area contributed by atoms with E-state index in [1.165, 1.54) is 12.1 Å². The van der Waals surface area contributed by atoms with Crippen LogP contribution in [-0.4, -0.2) is 27.0 Å². The fourth-order valence-electron chi connectivity index (χ4n) is 1.30. The molecule has 0 radical (unpaired) electrons. The number of benzene rings is 1. The highest BCUT2D eigenvalue weighted by atomic mass is 79.9. The highest BCUT2D eigenvalue weighted by Gasteiger charge is 2.41. The number of carbonyl (C=O) groups excluding carboxylic acids is 1. The van der Waals surface area contributed by atoms with Crippen molar-refractivity contribution in [2.45, 2.75) is 6.18 Å². The first-order valence-electron chi connectivity index (χ1n) is 4.78. The number of Topliss-reactive ketones (excluding diaryl/α,β-unsaturated/α-hetero) is 1. The van der Waals surface area contributed by atoms with Gasteiger partial charge in [-0.25, -0.2) is 4.68 Å². The smallest absolute Gasteiger partial charge is 0.282 e. The van der Waals surface area contributed by atoms with Crippen LogP contribution in [0.3, 0.4) is 0 Å². The van der Waals surface area contributed by atoms with Crippen molar-refractivity contribution in [1.29, 1.82) is 0 Å². The number of carbonyl (C=O) groups is 1. The normalized spacial score (nSPS) is 11.6. The lowest BCUT2D eigenvalue weighted by Gasteiger charge is -2.03. The molecule has 1 heterocycles. The van der Waals surface area contributed by atoms with E-state index in [0.29, 0.717) is 15.2 Å². The summed E-state index contributed by atoms with van der Waals surface area (Å²) in [6, 6.07) is 4.61. The molecular formula is C10H4BrClF3N3O. The van der Waals surface area contributed by atoms with Crippen molar-refractivity contribution < 1.29 is 18.0 Å². The minimum absolute atomic E-state index is 0.415. The Bertz CT molecular complexity index is 641. The Morgan fingerprint density at radius 3 is 2.63 bits per heavy atom. The number of ketones is 1. The number of hydrogen-bond acceptors (Lipinski definition) is 3. The van der Waals surface area contributed by atoms with Crippen molar-refractivity contribution in [1.82, 2.24) is 15.0 Å². The summed E-state index contributed by atoms with van der Waals surface area (Å²) in [6.07, 6.45) is -4.07. The quantitative estimate of drug-likeness (QED) is 0.776. The molecule has 0 aliphatic heterocycles. The molecule has 2 rings (SSSR count). The first-order valence-corrected chi connectivity index (χ1v) is 5.95. The lowest BCUT2D eigenvalue weighted by Crippen LogP contribution is -2.23. The van der Waals surface area contributed by atoms with Crippen LogP contribution in [-0.2, 0) is 0 Å². The zero-order valence-electron chi connectivity index (χ0n) is 8.95. The second-order valence-electron chi connectivity index (χ2n) is 3.47. The number of nitrogens with zero attached hydrogens (tertiary/aromatic N) is 3. The lowest BCUT2D eigenvalue weighted by molar-refractivity contribution is -0.0888. The molecule has 9 heteroatoms. The Hall–Kier alpha value is -1.41. The van der Waals surface area contributed by atoms with Gasteiger partial charge in [-0.3, -0.25) is 4.79 Å². The van der Waals surface area contributed by atoms with E-state index in [2.05, 4.69) is 26.2 Å². The predicted octanol–water partition coefficient (Wildman–Crippen LogP) is 3.43. The summed E-state index contributed by atoms with van der Waals surface area (Å²) < 4.78 is 38.2. The van der Waals surface area contributed by atoms with Gasteiger partial charge in [0.15, 0.2) is 5.69 Å². The van der Waals surface area contributed by atoms with E-state index in [4.69, 9.17) is 11.6 Å². The number of rotatable bonds is 2. The molecule has 2 aromatic rings. The molecule has 0 aliphatic carbocycles. The van der Waals surface area contributed by atoms with Crippen molar-refractivity contribution >= 4 is 33.3 Å². The van der Waals surface area contributed by atoms with Crippen molar-refractivity contribution in [3.63, 3.8) is 0 Å². The van der Waals surface area contributed by atoms with Crippen LogP contribution in [0, 0.1) is 0 Å². The maximum Gasteiger partial charge on any atom is 0.456 e. The molecule has 1 aromatic carbocycles. The van der Waals surface area contributed by atoms with Gasteiger partial charge < -0.3 is 0 Å². The van der Waals surface area contributed by atoms with E-state index in [1.54, 1.807) is 6.07 Å². The summed E-state index contributed by atoms with van der Waals surface area (Å²) >= 11 is 8.93. The molecule has 1 aromatic heterocycles. The minimum atomic E-state index is -4.97. The second-order valence-corrected chi connectivity index (χ2v) is 4.76. The molecule has 19 heavy (non-hydrogen) atoms. The van der Waals surface area contributed by atoms with E-state index in [9.17, 15) is 18.0 Å². The van der Waals surface area contributed by atoms with Gasteiger partial charge in [0.25, 0.3) is 5.78 Å². The molecular weight excluding hydrogens is 350 g/mol. The van der Waals surface area contributed by atoms with Gasteiger partial charge in [0.05, 0.1) is 11.9 Å². The van der Waals surface area contributed by atoms with Gasteiger partial charge in [-0.05, 0) is 34.1 Å². The van der Waals surface area contributed by atoms with Crippen LogP contribution >= 0.6 is 27.5 Å². The van der Waals surface area contributed by atoms with Crippen LogP contribution in [0.25, 0.3) is 5.69 Å². The molecule has 100 valence electrons. The summed E-state index contributed by atoms with van der Waals surface area (Å²) in [6.45, 7) is 0. The summed E-state index contributed by atoms with van der Waals surface area (Å²) in [5.41, 5.74) is -0.354. The van der Waals surface area contributed by atoms with Crippen LogP contribution < -0.4 is 0 Å². The van der Waals surface area contributed by atoms with Crippen LogP contribution in [0.5, 0.6) is 0 Å². The Balaban J connectivity index is 2.39. The highest BCUT2D eigenvalue weighted by molar-refractivity contribution is 9.10. The molecule has 0 unspecified atom stereocenters. The number of halogens is 5. The average molecular weight is 355 g/mol. The predicted molar refractivity (Wildman–Crippen MR) is 64.5 cm³/mol. The maximum atomic E-state index is 12.2. The van der Waals surface area contributed by atoms with Gasteiger partial charge in [-0.1, -0.05) is 16.8 Å². The largest absolute Gasteiger partial charge is 0.456 e. The van der Waals surface area contributed by atoms with Crippen molar-refractivity contribution in [2.75, 3.05) is 0 Å². The molecule has 4 nitrogen and oxygen atoms in total. The van der Waals surface area contributed by atoms with Crippen LogP contribution in [0.4, 0.5) is 13.2 Å². The Labute approximate surface area is 118 Å². The first kappa shape index (κ1) is 14.0. The third-order valence-corrected chi connectivity index (χ3v) is 3.01. The first-order chi connectivity index (χ1) is 8.79. The van der Waals surface area contributed by atoms with Gasteiger partial charge in [0, 0.05) is 9.50 Å². The summed E-state index contributed by atoms with van der Waals surface area (Å²) in [5, 5.41) is 7.14. The zero-order valence-corrected chi connectivity index (χ0v) is 11.3. The summed E-state index contributed by atoms with van der Waals surface area (Å²) in [7, 11) is 0. The van der Waals surface area contributed by atoms with E-state index >= 15 is 0 Å². The third kappa shape index (κ3) is 2.95. The SMILES string of the molecule is O=C(c1cn(-c2ccc(Cl)cc2Br)nn1)C(F)(F)F. The number of alkyl halides is 3. The second kappa shape index (κ2) is 4.93. The van der Waals surface area contributed by atoms with Crippen LogP contribution in [0.1, 0.15) is 10.5 Å². The molecule has 0 bridgehead atoms.